The Morgan fingerprint density at radius 1 is 1.32 bits per heavy atom. The zero-order chi connectivity index (χ0) is 19.5. The van der Waals surface area contributed by atoms with Crippen molar-refractivity contribution in [1.82, 2.24) is 15.3 Å². The highest BCUT2D eigenvalue weighted by Crippen LogP contribution is 2.33. The minimum absolute atomic E-state index is 0.171. The quantitative estimate of drug-likeness (QED) is 0.660. The molecule has 0 radical (unpaired) electrons. The van der Waals surface area contributed by atoms with Crippen LogP contribution in [0.25, 0.3) is 10.2 Å². The van der Waals surface area contributed by atoms with Crippen LogP contribution in [-0.4, -0.2) is 35.1 Å². The fourth-order valence-electron chi connectivity index (χ4n) is 3.30. The van der Waals surface area contributed by atoms with E-state index in [9.17, 15) is 9.18 Å². The van der Waals surface area contributed by atoms with Gasteiger partial charge in [-0.3, -0.25) is 4.79 Å². The highest BCUT2D eigenvalue weighted by atomic mass is 32.1. The molecule has 0 aliphatic carbocycles. The molecule has 0 bridgehead atoms. The second kappa shape index (κ2) is 8.20. The lowest BCUT2D eigenvalue weighted by Crippen LogP contribution is -2.22. The molecule has 1 atom stereocenters. The molecule has 0 saturated carbocycles. The van der Waals surface area contributed by atoms with Crippen LogP contribution in [0.2, 0.25) is 0 Å². The second-order valence-corrected chi connectivity index (χ2v) is 7.78. The summed E-state index contributed by atoms with van der Waals surface area (Å²) < 4.78 is 18.7. The van der Waals surface area contributed by atoms with Crippen molar-refractivity contribution in [2.45, 2.75) is 32.4 Å². The van der Waals surface area contributed by atoms with Gasteiger partial charge in [-0.1, -0.05) is 12.1 Å². The van der Waals surface area contributed by atoms with Gasteiger partial charge in [-0.15, -0.1) is 11.3 Å². The summed E-state index contributed by atoms with van der Waals surface area (Å²) in [5.41, 5.74) is 1.69. The molecule has 1 aliphatic heterocycles. The topological polar surface area (TPSA) is 76.1 Å². The third-order valence-electron chi connectivity index (χ3n) is 4.82. The van der Waals surface area contributed by atoms with Gasteiger partial charge in [-0.05, 0) is 43.0 Å². The van der Waals surface area contributed by atoms with Gasteiger partial charge in [-0.2, -0.15) is 0 Å². The van der Waals surface area contributed by atoms with E-state index in [4.69, 9.17) is 4.74 Å². The van der Waals surface area contributed by atoms with Crippen molar-refractivity contribution in [3.63, 3.8) is 0 Å². The van der Waals surface area contributed by atoms with Gasteiger partial charge in [0.15, 0.2) is 0 Å². The lowest BCUT2D eigenvalue weighted by atomic mass is 10.1. The number of anilines is 1. The van der Waals surface area contributed by atoms with Crippen LogP contribution in [0.5, 0.6) is 0 Å². The molecule has 6 nitrogen and oxygen atoms in total. The maximum atomic E-state index is 13.0. The van der Waals surface area contributed by atoms with Gasteiger partial charge in [0.2, 0.25) is 0 Å². The molecule has 1 aromatic carbocycles. The number of carbonyl (C=O) groups excluding carboxylic acids is 1. The van der Waals surface area contributed by atoms with Crippen LogP contribution >= 0.6 is 11.3 Å². The van der Waals surface area contributed by atoms with Crippen molar-refractivity contribution >= 4 is 33.3 Å². The second-order valence-electron chi connectivity index (χ2n) is 6.78. The van der Waals surface area contributed by atoms with Crippen LogP contribution in [0.15, 0.2) is 30.6 Å². The number of aryl methyl sites for hydroxylation is 1. The lowest BCUT2D eigenvalue weighted by Gasteiger charge is -2.12. The summed E-state index contributed by atoms with van der Waals surface area (Å²) in [6.07, 6.45) is 3.83. The minimum atomic E-state index is -0.294. The Kier molecular flexibility index (Phi) is 5.50. The Bertz CT molecular complexity index is 984. The van der Waals surface area contributed by atoms with Crippen LogP contribution in [0.3, 0.4) is 0 Å². The normalized spacial score (nSPS) is 16.4. The summed E-state index contributed by atoms with van der Waals surface area (Å²) in [4.78, 5) is 22.8. The first kappa shape index (κ1) is 18.8. The summed E-state index contributed by atoms with van der Waals surface area (Å²) in [5, 5.41) is 7.11. The highest BCUT2D eigenvalue weighted by molar-refractivity contribution is 7.20. The number of rotatable bonds is 6. The number of thiophene rings is 1. The Labute approximate surface area is 166 Å². The van der Waals surface area contributed by atoms with Crippen LogP contribution in [0.4, 0.5) is 10.2 Å². The van der Waals surface area contributed by atoms with Crippen LogP contribution < -0.4 is 10.6 Å². The monoisotopic (exact) mass is 400 g/mol. The number of halogens is 1. The van der Waals surface area contributed by atoms with E-state index < -0.39 is 0 Å². The SMILES string of the molecule is Cc1c(C(=O)NCc2ccc(F)cc2)sc2ncnc(NCC3CCCO3)c12. The zero-order valence-electron chi connectivity index (χ0n) is 15.5. The molecule has 8 heteroatoms. The number of nitrogens with one attached hydrogen (secondary N) is 2. The van der Waals surface area contributed by atoms with E-state index >= 15 is 0 Å². The Balaban J connectivity index is 1.50. The first-order valence-electron chi connectivity index (χ1n) is 9.24. The smallest absolute Gasteiger partial charge is 0.261 e. The molecule has 1 unspecified atom stereocenters. The average Bonchev–Trinajstić information content (AvgIpc) is 3.34. The van der Waals surface area contributed by atoms with E-state index in [0.717, 1.165) is 46.6 Å². The average molecular weight is 400 g/mol. The third kappa shape index (κ3) is 3.98. The van der Waals surface area contributed by atoms with Gasteiger partial charge in [0, 0.05) is 19.7 Å². The molecule has 2 aromatic heterocycles. The van der Waals surface area contributed by atoms with E-state index in [1.165, 1.54) is 29.8 Å². The fourth-order valence-corrected chi connectivity index (χ4v) is 4.37. The van der Waals surface area contributed by atoms with Gasteiger partial charge in [0.25, 0.3) is 5.91 Å². The minimum Gasteiger partial charge on any atom is -0.376 e. The number of aromatic nitrogens is 2. The number of fused-ring (bicyclic) bond motifs is 1. The van der Waals surface area contributed by atoms with Crippen LogP contribution in [0, 0.1) is 12.7 Å². The Hall–Kier alpha value is -2.58. The van der Waals surface area contributed by atoms with Crippen molar-refractivity contribution in [3.05, 3.63) is 52.4 Å². The van der Waals surface area contributed by atoms with Crippen molar-refractivity contribution in [3.8, 4) is 0 Å². The van der Waals surface area contributed by atoms with Crippen LogP contribution in [-0.2, 0) is 11.3 Å². The first-order chi connectivity index (χ1) is 13.6. The van der Waals surface area contributed by atoms with Gasteiger partial charge in [0.1, 0.15) is 22.8 Å². The van der Waals surface area contributed by atoms with Gasteiger partial charge in [0.05, 0.1) is 16.4 Å². The Morgan fingerprint density at radius 2 is 2.14 bits per heavy atom. The van der Waals surface area contributed by atoms with E-state index in [0.29, 0.717) is 18.0 Å². The number of hydrogen-bond acceptors (Lipinski definition) is 6. The van der Waals surface area contributed by atoms with E-state index in [-0.39, 0.29) is 17.8 Å². The molecule has 1 amide bonds. The van der Waals surface area contributed by atoms with Crippen molar-refractivity contribution < 1.29 is 13.9 Å². The maximum Gasteiger partial charge on any atom is 0.261 e. The van der Waals surface area contributed by atoms with E-state index in [1.807, 2.05) is 6.92 Å². The standard InChI is InChI=1S/C20H21FN4O2S/c1-12-16-18(22-10-15-3-2-8-27-15)24-11-25-20(16)28-17(12)19(26)23-9-13-4-6-14(21)7-5-13/h4-7,11,15H,2-3,8-10H2,1H3,(H,23,26)(H,22,24,25). The van der Waals surface area contributed by atoms with Gasteiger partial charge < -0.3 is 15.4 Å². The molecule has 1 aliphatic rings. The number of carbonyl (C=O) groups is 1. The predicted molar refractivity (Wildman–Crippen MR) is 107 cm³/mol. The van der Waals surface area contributed by atoms with E-state index in [1.54, 1.807) is 12.1 Å². The molecule has 28 heavy (non-hydrogen) atoms. The summed E-state index contributed by atoms with van der Waals surface area (Å²) in [5.74, 6) is 0.263. The van der Waals surface area contributed by atoms with Gasteiger partial charge in [-0.25, -0.2) is 14.4 Å². The molecule has 2 N–H and O–H groups in total. The predicted octanol–water partition coefficient (Wildman–Crippen LogP) is 3.66. The van der Waals surface area contributed by atoms with Gasteiger partial charge >= 0.3 is 0 Å². The molecular weight excluding hydrogens is 379 g/mol. The van der Waals surface area contributed by atoms with Crippen molar-refractivity contribution in [1.29, 1.82) is 0 Å². The number of nitrogens with zero attached hydrogens (tertiary/aromatic N) is 2. The third-order valence-corrected chi connectivity index (χ3v) is 6.02. The Morgan fingerprint density at radius 3 is 2.89 bits per heavy atom. The number of ether oxygens (including phenoxy) is 1. The molecule has 3 heterocycles. The lowest BCUT2D eigenvalue weighted by molar-refractivity contribution is 0.0954. The largest absolute Gasteiger partial charge is 0.376 e. The zero-order valence-corrected chi connectivity index (χ0v) is 16.3. The fraction of sp³-hybridized carbons (Fsp3) is 0.350. The summed E-state index contributed by atoms with van der Waals surface area (Å²) in [6, 6.07) is 6.08. The summed E-state index contributed by atoms with van der Waals surface area (Å²) in [7, 11) is 0. The number of hydrogen-bond donors (Lipinski definition) is 2. The van der Waals surface area contributed by atoms with Crippen LogP contribution in [0.1, 0.15) is 33.6 Å². The number of amides is 1. The highest BCUT2D eigenvalue weighted by Gasteiger charge is 2.20. The molecule has 0 spiro atoms. The molecule has 3 aromatic rings. The summed E-state index contributed by atoms with van der Waals surface area (Å²) in [6.45, 7) is 3.74. The molecular formula is C20H21FN4O2S. The molecule has 146 valence electrons. The van der Waals surface area contributed by atoms with Crippen molar-refractivity contribution in [2.24, 2.45) is 0 Å². The first-order valence-corrected chi connectivity index (χ1v) is 10.1. The maximum absolute atomic E-state index is 13.0. The molecule has 1 saturated heterocycles. The number of benzene rings is 1. The molecule has 1 fully saturated rings. The van der Waals surface area contributed by atoms with E-state index in [2.05, 4.69) is 20.6 Å². The molecule has 4 rings (SSSR count). The van der Waals surface area contributed by atoms with Crippen molar-refractivity contribution in [2.75, 3.05) is 18.5 Å². The summed E-state index contributed by atoms with van der Waals surface area (Å²) >= 11 is 1.35.